The molecule has 1 aromatic heterocycles. The SMILES string of the molecule is Cc1ccc(SCCC(=O)N(CC2CCCO2)c2nc3ccc(S(C)(=O)=O)cc3s2)cc1. The molecule has 9 heteroatoms. The van der Waals surface area contributed by atoms with Gasteiger partial charge in [-0.25, -0.2) is 13.4 Å². The van der Waals surface area contributed by atoms with Crippen LogP contribution in [0.15, 0.2) is 52.3 Å². The Kier molecular flexibility index (Phi) is 7.19. The van der Waals surface area contributed by atoms with Gasteiger partial charge in [0.15, 0.2) is 15.0 Å². The summed E-state index contributed by atoms with van der Waals surface area (Å²) >= 11 is 3.01. The van der Waals surface area contributed by atoms with E-state index in [1.165, 1.54) is 23.2 Å². The molecule has 1 atom stereocenters. The zero-order valence-electron chi connectivity index (χ0n) is 18.1. The average Bonchev–Trinajstić information content (AvgIpc) is 3.41. The molecule has 3 aromatic rings. The van der Waals surface area contributed by atoms with Crippen molar-refractivity contribution in [1.82, 2.24) is 4.98 Å². The first kappa shape index (κ1) is 23.2. The highest BCUT2D eigenvalue weighted by molar-refractivity contribution is 7.99. The number of sulfone groups is 1. The number of thioether (sulfide) groups is 1. The van der Waals surface area contributed by atoms with Gasteiger partial charge in [0, 0.05) is 29.9 Å². The van der Waals surface area contributed by atoms with E-state index in [9.17, 15) is 13.2 Å². The Morgan fingerprint density at radius 2 is 2.03 bits per heavy atom. The number of fused-ring (bicyclic) bond motifs is 1. The molecule has 6 nitrogen and oxygen atoms in total. The van der Waals surface area contributed by atoms with Crippen molar-refractivity contribution in [2.75, 3.05) is 30.1 Å². The number of thiazole rings is 1. The smallest absolute Gasteiger partial charge is 0.229 e. The number of benzene rings is 2. The second-order valence-electron chi connectivity index (χ2n) is 7.95. The Balaban J connectivity index is 1.52. The van der Waals surface area contributed by atoms with E-state index in [-0.39, 0.29) is 16.9 Å². The first-order chi connectivity index (χ1) is 15.3. The van der Waals surface area contributed by atoms with E-state index in [0.29, 0.717) is 36.0 Å². The summed E-state index contributed by atoms with van der Waals surface area (Å²) in [5.74, 6) is 0.676. The molecule has 1 aliphatic heterocycles. The molecule has 32 heavy (non-hydrogen) atoms. The van der Waals surface area contributed by atoms with Gasteiger partial charge in [-0.15, -0.1) is 11.8 Å². The van der Waals surface area contributed by atoms with Crippen molar-refractivity contribution in [3.8, 4) is 0 Å². The number of aryl methyl sites for hydroxylation is 1. The van der Waals surface area contributed by atoms with Gasteiger partial charge in [0.2, 0.25) is 5.91 Å². The van der Waals surface area contributed by atoms with Gasteiger partial charge in [-0.05, 0) is 50.1 Å². The minimum Gasteiger partial charge on any atom is -0.376 e. The van der Waals surface area contributed by atoms with Gasteiger partial charge in [-0.1, -0.05) is 29.0 Å². The first-order valence-corrected chi connectivity index (χ1v) is 14.2. The fourth-order valence-corrected chi connectivity index (χ4v) is 6.14. The highest BCUT2D eigenvalue weighted by Crippen LogP contribution is 2.32. The lowest BCUT2D eigenvalue weighted by molar-refractivity contribution is -0.118. The standard InChI is InChI=1S/C23H26N2O4S3/c1-16-5-7-18(8-6-16)30-13-11-22(26)25(15-17-4-3-12-29-17)23-24-20-10-9-19(32(2,27)28)14-21(20)31-23/h5-10,14,17H,3-4,11-13,15H2,1-2H3. The Bertz CT molecular complexity index is 1200. The summed E-state index contributed by atoms with van der Waals surface area (Å²) in [5, 5.41) is 0.589. The molecule has 1 saturated heterocycles. The molecular formula is C23H26N2O4S3. The minimum atomic E-state index is -3.31. The van der Waals surface area contributed by atoms with Crippen molar-refractivity contribution in [1.29, 1.82) is 0 Å². The second-order valence-corrected chi connectivity index (χ2v) is 12.1. The number of carbonyl (C=O) groups excluding carboxylic acids is 1. The summed E-state index contributed by atoms with van der Waals surface area (Å²) in [5.41, 5.74) is 1.90. The van der Waals surface area contributed by atoms with E-state index in [1.807, 2.05) is 0 Å². The fourth-order valence-electron chi connectivity index (χ4n) is 3.54. The van der Waals surface area contributed by atoms with E-state index in [2.05, 4.69) is 36.2 Å². The molecule has 0 spiro atoms. The van der Waals surface area contributed by atoms with Crippen molar-refractivity contribution in [2.45, 2.75) is 42.1 Å². The predicted molar refractivity (Wildman–Crippen MR) is 131 cm³/mol. The molecule has 0 aliphatic carbocycles. The zero-order chi connectivity index (χ0) is 22.7. The highest BCUT2D eigenvalue weighted by Gasteiger charge is 2.26. The van der Waals surface area contributed by atoms with Gasteiger partial charge < -0.3 is 4.74 Å². The molecule has 1 aliphatic rings. The molecule has 1 amide bonds. The van der Waals surface area contributed by atoms with Gasteiger partial charge in [0.25, 0.3) is 0 Å². The summed E-state index contributed by atoms with van der Waals surface area (Å²) in [6, 6.07) is 13.2. The maximum atomic E-state index is 13.2. The van der Waals surface area contributed by atoms with Crippen LogP contribution in [0.4, 0.5) is 5.13 Å². The first-order valence-electron chi connectivity index (χ1n) is 10.5. The van der Waals surface area contributed by atoms with Crippen molar-refractivity contribution >= 4 is 54.2 Å². The molecule has 0 radical (unpaired) electrons. The lowest BCUT2D eigenvalue weighted by Gasteiger charge is -2.23. The molecule has 2 aromatic carbocycles. The van der Waals surface area contributed by atoms with Crippen molar-refractivity contribution in [2.24, 2.45) is 0 Å². The van der Waals surface area contributed by atoms with Crippen LogP contribution in [-0.4, -0.2) is 50.6 Å². The summed E-state index contributed by atoms with van der Waals surface area (Å²) in [6.07, 6.45) is 3.49. The van der Waals surface area contributed by atoms with Crippen LogP contribution in [-0.2, 0) is 19.4 Å². The van der Waals surface area contributed by atoms with Crippen LogP contribution in [0.3, 0.4) is 0 Å². The lowest BCUT2D eigenvalue weighted by Crippen LogP contribution is -2.37. The maximum absolute atomic E-state index is 13.2. The van der Waals surface area contributed by atoms with Crippen LogP contribution in [0.5, 0.6) is 0 Å². The number of nitrogens with zero attached hydrogens (tertiary/aromatic N) is 2. The number of hydrogen-bond acceptors (Lipinski definition) is 7. The zero-order valence-corrected chi connectivity index (χ0v) is 20.6. The third-order valence-electron chi connectivity index (χ3n) is 5.32. The molecule has 0 saturated carbocycles. The number of carbonyl (C=O) groups is 1. The normalized spacial score (nSPS) is 16.5. The maximum Gasteiger partial charge on any atom is 0.229 e. The highest BCUT2D eigenvalue weighted by atomic mass is 32.2. The quantitative estimate of drug-likeness (QED) is 0.426. The molecule has 170 valence electrons. The van der Waals surface area contributed by atoms with Crippen LogP contribution < -0.4 is 4.90 Å². The molecule has 2 heterocycles. The molecule has 1 unspecified atom stereocenters. The Labute approximate surface area is 196 Å². The topological polar surface area (TPSA) is 76.6 Å². The number of hydrogen-bond donors (Lipinski definition) is 0. The summed E-state index contributed by atoms with van der Waals surface area (Å²) in [7, 11) is -3.31. The van der Waals surface area contributed by atoms with Crippen LogP contribution in [0.1, 0.15) is 24.8 Å². The number of ether oxygens (including phenoxy) is 1. The molecule has 1 fully saturated rings. The summed E-state index contributed by atoms with van der Waals surface area (Å²) < 4.78 is 30.3. The second kappa shape index (κ2) is 9.91. The summed E-state index contributed by atoms with van der Waals surface area (Å²) in [4.78, 5) is 21.0. The third kappa shape index (κ3) is 5.70. The molecule has 4 rings (SSSR count). The summed E-state index contributed by atoms with van der Waals surface area (Å²) in [6.45, 7) is 3.23. The monoisotopic (exact) mass is 490 g/mol. The number of aromatic nitrogens is 1. The van der Waals surface area contributed by atoms with E-state index in [4.69, 9.17) is 4.74 Å². The molecule has 0 bridgehead atoms. The van der Waals surface area contributed by atoms with Gasteiger partial charge >= 0.3 is 0 Å². The number of rotatable bonds is 8. The van der Waals surface area contributed by atoms with E-state index < -0.39 is 9.84 Å². The molecule has 0 N–H and O–H groups in total. The van der Waals surface area contributed by atoms with Gasteiger partial charge in [0.05, 0.1) is 27.8 Å². The van der Waals surface area contributed by atoms with Crippen molar-refractivity contribution < 1.29 is 17.9 Å². The van der Waals surface area contributed by atoms with Gasteiger partial charge in [-0.3, -0.25) is 9.69 Å². The van der Waals surface area contributed by atoms with Gasteiger partial charge in [0.1, 0.15) is 0 Å². The van der Waals surface area contributed by atoms with Crippen LogP contribution >= 0.6 is 23.1 Å². The fraction of sp³-hybridized carbons (Fsp3) is 0.391. The largest absolute Gasteiger partial charge is 0.376 e. The minimum absolute atomic E-state index is 0.00212. The van der Waals surface area contributed by atoms with E-state index in [1.54, 1.807) is 34.9 Å². The number of amides is 1. The van der Waals surface area contributed by atoms with Crippen LogP contribution in [0.25, 0.3) is 10.2 Å². The lowest BCUT2D eigenvalue weighted by atomic mass is 10.2. The van der Waals surface area contributed by atoms with Crippen LogP contribution in [0.2, 0.25) is 0 Å². The molecular weight excluding hydrogens is 464 g/mol. The Morgan fingerprint density at radius 3 is 2.72 bits per heavy atom. The van der Waals surface area contributed by atoms with Crippen LogP contribution in [0, 0.1) is 6.92 Å². The Morgan fingerprint density at radius 1 is 1.25 bits per heavy atom. The van der Waals surface area contributed by atoms with Crippen molar-refractivity contribution in [3.05, 3.63) is 48.0 Å². The average molecular weight is 491 g/mol. The number of anilines is 1. The van der Waals surface area contributed by atoms with E-state index in [0.717, 1.165) is 22.4 Å². The third-order valence-corrected chi connectivity index (χ3v) is 8.49. The Hall–Kier alpha value is -1.94. The van der Waals surface area contributed by atoms with Gasteiger partial charge in [-0.2, -0.15) is 0 Å². The van der Waals surface area contributed by atoms with Crippen molar-refractivity contribution in [3.63, 3.8) is 0 Å². The predicted octanol–water partition coefficient (Wildman–Crippen LogP) is 4.70. The van der Waals surface area contributed by atoms with E-state index >= 15 is 0 Å².